The van der Waals surface area contributed by atoms with Gasteiger partial charge in [0.25, 0.3) is 0 Å². The van der Waals surface area contributed by atoms with Crippen molar-refractivity contribution >= 4 is 33.2 Å². The lowest BCUT2D eigenvalue weighted by molar-refractivity contribution is 0.0467. The number of nitrogens with zero attached hydrogens (tertiary/aromatic N) is 1. The molecular formula is C18H13BrFNO3S. The summed E-state index contributed by atoms with van der Waals surface area (Å²) in [5.74, 6) is -0.183. The summed E-state index contributed by atoms with van der Waals surface area (Å²) in [7, 11) is 1.62. The number of thiazole rings is 1. The van der Waals surface area contributed by atoms with Crippen molar-refractivity contribution < 1.29 is 18.7 Å². The highest BCUT2D eigenvalue weighted by Gasteiger charge is 2.13. The van der Waals surface area contributed by atoms with Gasteiger partial charge in [0.1, 0.15) is 23.2 Å². The molecule has 0 atom stereocenters. The second-order valence-corrected chi connectivity index (χ2v) is 6.79. The molecule has 3 aromatic rings. The minimum Gasteiger partial charge on any atom is -0.497 e. The summed E-state index contributed by atoms with van der Waals surface area (Å²) in [5, 5.41) is 2.67. The summed E-state index contributed by atoms with van der Waals surface area (Å²) in [6.07, 6.45) is 0. The largest absolute Gasteiger partial charge is 0.497 e. The standard InChI is InChI=1S/C18H13BrFNO3S/c1-23-14-5-2-11(3-6-14)17-21-13(10-25-17)9-24-18(22)15-7-4-12(20)8-16(15)19/h2-8,10H,9H2,1H3. The highest BCUT2D eigenvalue weighted by atomic mass is 79.9. The van der Waals surface area contributed by atoms with Crippen molar-refractivity contribution in [3.63, 3.8) is 0 Å². The predicted molar refractivity (Wildman–Crippen MR) is 97.3 cm³/mol. The number of ether oxygens (including phenoxy) is 2. The van der Waals surface area contributed by atoms with Gasteiger partial charge in [0, 0.05) is 15.4 Å². The molecule has 0 unspecified atom stereocenters. The van der Waals surface area contributed by atoms with Crippen LogP contribution in [0.25, 0.3) is 10.6 Å². The van der Waals surface area contributed by atoms with E-state index in [0.29, 0.717) is 10.2 Å². The van der Waals surface area contributed by atoms with Crippen LogP contribution in [0.5, 0.6) is 5.75 Å². The number of benzene rings is 2. The lowest BCUT2D eigenvalue weighted by Crippen LogP contribution is -2.06. The fraction of sp³-hybridized carbons (Fsp3) is 0.111. The van der Waals surface area contributed by atoms with Crippen molar-refractivity contribution in [1.82, 2.24) is 4.98 Å². The molecule has 0 amide bonds. The molecule has 1 heterocycles. The monoisotopic (exact) mass is 421 g/mol. The Balaban J connectivity index is 1.66. The topological polar surface area (TPSA) is 48.4 Å². The molecule has 0 aliphatic heterocycles. The first-order chi connectivity index (χ1) is 12.1. The molecular weight excluding hydrogens is 409 g/mol. The van der Waals surface area contributed by atoms with Crippen molar-refractivity contribution in [2.45, 2.75) is 6.61 Å². The van der Waals surface area contributed by atoms with E-state index < -0.39 is 11.8 Å². The van der Waals surface area contributed by atoms with E-state index >= 15 is 0 Å². The smallest absolute Gasteiger partial charge is 0.339 e. The number of halogens is 2. The Morgan fingerprint density at radius 1 is 1.24 bits per heavy atom. The van der Waals surface area contributed by atoms with Gasteiger partial charge in [-0.2, -0.15) is 0 Å². The van der Waals surface area contributed by atoms with Crippen LogP contribution in [0.2, 0.25) is 0 Å². The van der Waals surface area contributed by atoms with Gasteiger partial charge in [-0.25, -0.2) is 14.2 Å². The summed E-state index contributed by atoms with van der Waals surface area (Å²) in [4.78, 5) is 16.6. The van der Waals surface area contributed by atoms with Crippen molar-refractivity contribution in [2.24, 2.45) is 0 Å². The molecule has 128 valence electrons. The molecule has 3 rings (SSSR count). The number of aromatic nitrogens is 1. The molecule has 0 radical (unpaired) electrons. The van der Waals surface area contributed by atoms with Crippen LogP contribution in [0, 0.1) is 5.82 Å². The lowest BCUT2D eigenvalue weighted by atomic mass is 10.2. The Labute approximate surface area is 156 Å². The average molecular weight is 422 g/mol. The van der Waals surface area contributed by atoms with Gasteiger partial charge in [-0.05, 0) is 58.4 Å². The van der Waals surface area contributed by atoms with Gasteiger partial charge in [0.2, 0.25) is 0 Å². The number of methoxy groups -OCH3 is 1. The van der Waals surface area contributed by atoms with Gasteiger partial charge in [0.15, 0.2) is 0 Å². The minimum atomic E-state index is -0.536. The molecule has 0 saturated heterocycles. The summed E-state index contributed by atoms with van der Waals surface area (Å²) in [6.45, 7) is 0.0509. The van der Waals surface area contributed by atoms with Crippen molar-refractivity contribution in [1.29, 1.82) is 0 Å². The summed E-state index contributed by atoms with van der Waals surface area (Å²) in [6, 6.07) is 11.4. The Hall–Kier alpha value is -2.25. The SMILES string of the molecule is COc1ccc(-c2nc(COC(=O)c3ccc(F)cc3Br)cs2)cc1. The van der Waals surface area contributed by atoms with E-state index in [4.69, 9.17) is 9.47 Å². The molecule has 2 aromatic carbocycles. The summed E-state index contributed by atoms with van der Waals surface area (Å²) < 4.78 is 23.8. The van der Waals surface area contributed by atoms with E-state index in [1.165, 1.54) is 29.5 Å². The molecule has 0 aliphatic rings. The Morgan fingerprint density at radius 2 is 2.00 bits per heavy atom. The van der Waals surface area contributed by atoms with Crippen molar-refractivity contribution in [3.05, 3.63) is 69.4 Å². The van der Waals surface area contributed by atoms with Crippen molar-refractivity contribution in [2.75, 3.05) is 7.11 Å². The first-order valence-electron chi connectivity index (χ1n) is 7.28. The van der Waals surface area contributed by atoms with E-state index in [0.717, 1.165) is 16.3 Å². The van der Waals surface area contributed by atoms with Gasteiger partial charge in [-0.3, -0.25) is 0 Å². The molecule has 0 bridgehead atoms. The zero-order chi connectivity index (χ0) is 17.8. The van der Waals surface area contributed by atoms with Crippen LogP contribution in [-0.4, -0.2) is 18.1 Å². The number of carbonyl (C=O) groups is 1. The zero-order valence-corrected chi connectivity index (χ0v) is 15.6. The van der Waals surface area contributed by atoms with Gasteiger partial charge < -0.3 is 9.47 Å². The number of rotatable bonds is 5. The predicted octanol–water partition coefficient (Wildman–Crippen LogP) is 5.08. The maximum Gasteiger partial charge on any atom is 0.339 e. The fourth-order valence-electron chi connectivity index (χ4n) is 2.11. The Morgan fingerprint density at radius 3 is 2.68 bits per heavy atom. The van der Waals surface area contributed by atoms with Crippen LogP contribution in [-0.2, 0) is 11.3 Å². The van der Waals surface area contributed by atoms with Crippen molar-refractivity contribution in [3.8, 4) is 16.3 Å². The second-order valence-electron chi connectivity index (χ2n) is 5.07. The van der Waals surface area contributed by atoms with Crippen LogP contribution in [0.1, 0.15) is 16.1 Å². The number of esters is 1. The molecule has 0 saturated carbocycles. The normalized spacial score (nSPS) is 10.5. The number of hydrogen-bond donors (Lipinski definition) is 0. The third-order valence-electron chi connectivity index (χ3n) is 3.39. The molecule has 4 nitrogen and oxygen atoms in total. The molecule has 25 heavy (non-hydrogen) atoms. The highest BCUT2D eigenvalue weighted by molar-refractivity contribution is 9.10. The third kappa shape index (κ3) is 4.24. The van der Waals surface area contributed by atoms with E-state index in [2.05, 4.69) is 20.9 Å². The van der Waals surface area contributed by atoms with E-state index in [1.807, 2.05) is 29.6 Å². The van der Waals surface area contributed by atoms with Gasteiger partial charge in [0.05, 0.1) is 18.4 Å². The van der Waals surface area contributed by atoms with Crippen LogP contribution < -0.4 is 4.74 Å². The second kappa shape index (κ2) is 7.76. The zero-order valence-electron chi connectivity index (χ0n) is 13.2. The molecule has 0 N–H and O–H groups in total. The first-order valence-corrected chi connectivity index (χ1v) is 8.95. The molecule has 0 fully saturated rings. The Kier molecular flexibility index (Phi) is 5.45. The van der Waals surface area contributed by atoms with Gasteiger partial charge >= 0.3 is 5.97 Å². The molecule has 7 heteroatoms. The van der Waals surface area contributed by atoms with Crippen LogP contribution in [0.3, 0.4) is 0 Å². The lowest BCUT2D eigenvalue weighted by Gasteiger charge is -2.05. The van der Waals surface area contributed by atoms with Gasteiger partial charge in [-0.1, -0.05) is 0 Å². The number of hydrogen-bond acceptors (Lipinski definition) is 5. The van der Waals surface area contributed by atoms with Crippen LogP contribution in [0.15, 0.2) is 52.3 Å². The average Bonchev–Trinajstić information content (AvgIpc) is 3.09. The minimum absolute atomic E-state index is 0.0509. The van der Waals surface area contributed by atoms with E-state index in [9.17, 15) is 9.18 Å². The maximum atomic E-state index is 13.1. The van der Waals surface area contributed by atoms with E-state index in [1.54, 1.807) is 7.11 Å². The number of carbonyl (C=O) groups excluding carboxylic acids is 1. The maximum absolute atomic E-state index is 13.1. The fourth-order valence-corrected chi connectivity index (χ4v) is 3.43. The molecule has 0 aliphatic carbocycles. The molecule has 1 aromatic heterocycles. The van der Waals surface area contributed by atoms with Gasteiger partial charge in [-0.15, -0.1) is 11.3 Å². The molecule has 0 spiro atoms. The third-order valence-corrected chi connectivity index (χ3v) is 4.99. The summed E-state index contributed by atoms with van der Waals surface area (Å²) in [5.41, 5.74) is 1.89. The first kappa shape index (κ1) is 17.6. The van der Waals surface area contributed by atoms with Crippen LogP contribution in [0.4, 0.5) is 4.39 Å². The Bertz CT molecular complexity index is 896. The van der Waals surface area contributed by atoms with Crippen LogP contribution >= 0.6 is 27.3 Å². The summed E-state index contributed by atoms with van der Waals surface area (Å²) >= 11 is 4.62. The highest BCUT2D eigenvalue weighted by Crippen LogP contribution is 2.26. The van der Waals surface area contributed by atoms with E-state index in [-0.39, 0.29) is 12.2 Å². The quantitative estimate of drug-likeness (QED) is 0.539.